The predicted octanol–water partition coefficient (Wildman–Crippen LogP) is 5.73. The maximum absolute atomic E-state index is 6.39. The van der Waals surface area contributed by atoms with E-state index < -0.39 is 0 Å². The van der Waals surface area contributed by atoms with Crippen LogP contribution in [0.1, 0.15) is 49.6 Å². The molecule has 6 heteroatoms. The number of rotatable bonds is 6. The summed E-state index contributed by atoms with van der Waals surface area (Å²) in [6.45, 7) is 6.35. The number of benzene rings is 1. The lowest BCUT2D eigenvalue weighted by Crippen LogP contribution is -2.17. The minimum atomic E-state index is 0.274. The van der Waals surface area contributed by atoms with Crippen molar-refractivity contribution in [2.75, 3.05) is 0 Å². The fraction of sp³-hybridized carbons (Fsp3) is 0.421. The Morgan fingerprint density at radius 1 is 1.12 bits per heavy atom. The van der Waals surface area contributed by atoms with Crippen molar-refractivity contribution in [3.8, 4) is 0 Å². The average Bonchev–Trinajstić information content (AvgIpc) is 3.09. The largest absolute Gasteiger partial charge is 0.343 e. The molecular formula is C19H22Cl2N4. The van der Waals surface area contributed by atoms with E-state index in [0.29, 0.717) is 10.9 Å². The summed E-state index contributed by atoms with van der Waals surface area (Å²) in [5.74, 6) is 0.677. The van der Waals surface area contributed by atoms with Crippen molar-refractivity contribution >= 4 is 34.2 Å². The van der Waals surface area contributed by atoms with Crippen molar-refractivity contribution in [2.24, 2.45) is 5.92 Å². The van der Waals surface area contributed by atoms with Gasteiger partial charge in [0.2, 0.25) is 0 Å². The number of hydrogen-bond acceptors (Lipinski definition) is 3. The number of imidazole rings is 1. The van der Waals surface area contributed by atoms with Crippen LogP contribution in [0.4, 0.5) is 0 Å². The third-order valence-corrected chi connectivity index (χ3v) is 5.52. The summed E-state index contributed by atoms with van der Waals surface area (Å²) in [5, 5.41) is 10.2. The van der Waals surface area contributed by atoms with Crippen LogP contribution in [0, 0.1) is 12.8 Å². The number of halogens is 2. The van der Waals surface area contributed by atoms with E-state index in [9.17, 15) is 0 Å². The summed E-state index contributed by atoms with van der Waals surface area (Å²) in [6.07, 6.45) is 4.60. The Hall–Kier alpha value is -1.65. The molecule has 1 aromatic carbocycles. The maximum Gasteiger partial charge on any atom is 0.114 e. The summed E-state index contributed by atoms with van der Waals surface area (Å²) < 4.78 is 0. The first-order valence-electron chi connectivity index (χ1n) is 8.65. The molecule has 2 atom stereocenters. The van der Waals surface area contributed by atoms with E-state index in [0.717, 1.165) is 52.3 Å². The molecule has 2 aromatic heterocycles. The highest BCUT2D eigenvalue weighted by molar-refractivity contribution is 6.35. The Balaban J connectivity index is 1.97. The van der Waals surface area contributed by atoms with Crippen LogP contribution >= 0.6 is 23.2 Å². The Morgan fingerprint density at radius 2 is 1.92 bits per heavy atom. The van der Waals surface area contributed by atoms with Gasteiger partial charge >= 0.3 is 0 Å². The lowest BCUT2D eigenvalue weighted by Gasteiger charge is -2.25. The summed E-state index contributed by atoms with van der Waals surface area (Å²) >= 11 is 12.4. The average molecular weight is 377 g/mol. The topological polar surface area (TPSA) is 54.5 Å². The lowest BCUT2D eigenvalue weighted by atomic mass is 9.81. The van der Waals surface area contributed by atoms with Gasteiger partial charge < -0.3 is 4.98 Å². The summed E-state index contributed by atoms with van der Waals surface area (Å²) in [5.41, 5.74) is 4.87. The molecule has 0 saturated carbocycles. The number of aromatic nitrogens is 4. The minimum Gasteiger partial charge on any atom is -0.343 e. The molecule has 2 unspecified atom stereocenters. The standard InChI is InChI=1S/C19H22Cl2N4/c1-4-12(8-13-6-7-14(20)9-16(13)21)15(5-2)18-19-17(22-10-23-19)11(3)24-25-18/h6-7,9-10,12,15H,4-5,8H2,1-3H3,(H,22,23). The smallest absolute Gasteiger partial charge is 0.114 e. The van der Waals surface area contributed by atoms with E-state index in [1.165, 1.54) is 0 Å². The molecule has 3 aromatic rings. The van der Waals surface area contributed by atoms with Crippen LogP contribution in [0.25, 0.3) is 11.0 Å². The van der Waals surface area contributed by atoms with Gasteiger partial charge in [-0.3, -0.25) is 0 Å². The lowest BCUT2D eigenvalue weighted by molar-refractivity contribution is 0.390. The van der Waals surface area contributed by atoms with Gasteiger partial charge in [0.15, 0.2) is 0 Å². The molecule has 0 aliphatic carbocycles. The van der Waals surface area contributed by atoms with Gasteiger partial charge in [-0.05, 0) is 43.4 Å². The zero-order valence-electron chi connectivity index (χ0n) is 14.7. The second-order valence-electron chi connectivity index (χ2n) is 6.42. The monoisotopic (exact) mass is 376 g/mol. The van der Waals surface area contributed by atoms with Crippen LogP contribution in [-0.2, 0) is 6.42 Å². The van der Waals surface area contributed by atoms with E-state index in [4.69, 9.17) is 23.2 Å². The van der Waals surface area contributed by atoms with E-state index >= 15 is 0 Å². The van der Waals surface area contributed by atoms with Gasteiger partial charge in [0.25, 0.3) is 0 Å². The second-order valence-corrected chi connectivity index (χ2v) is 7.26. The highest BCUT2D eigenvalue weighted by Crippen LogP contribution is 2.36. The first-order chi connectivity index (χ1) is 12.0. The van der Waals surface area contributed by atoms with Crippen molar-refractivity contribution in [3.63, 3.8) is 0 Å². The van der Waals surface area contributed by atoms with Gasteiger partial charge in [-0.2, -0.15) is 10.2 Å². The number of aryl methyl sites for hydroxylation is 1. The maximum atomic E-state index is 6.39. The van der Waals surface area contributed by atoms with Crippen molar-refractivity contribution in [2.45, 2.75) is 46.0 Å². The minimum absolute atomic E-state index is 0.274. The third-order valence-electron chi connectivity index (χ3n) is 4.93. The van der Waals surface area contributed by atoms with E-state index in [2.05, 4.69) is 34.0 Å². The van der Waals surface area contributed by atoms with Crippen LogP contribution in [-0.4, -0.2) is 20.2 Å². The van der Waals surface area contributed by atoms with Crippen LogP contribution in [0.3, 0.4) is 0 Å². The zero-order valence-corrected chi connectivity index (χ0v) is 16.2. The Kier molecular flexibility index (Phi) is 5.60. The molecule has 0 bridgehead atoms. The van der Waals surface area contributed by atoms with Gasteiger partial charge in [0.1, 0.15) is 5.52 Å². The van der Waals surface area contributed by atoms with Gasteiger partial charge in [0.05, 0.1) is 23.2 Å². The molecule has 0 saturated heterocycles. The van der Waals surface area contributed by atoms with Crippen molar-refractivity contribution in [1.82, 2.24) is 20.2 Å². The molecule has 1 N–H and O–H groups in total. The second kappa shape index (κ2) is 7.71. The molecule has 132 valence electrons. The van der Waals surface area contributed by atoms with Gasteiger partial charge in [-0.25, -0.2) is 4.98 Å². The first kappa shape index (κ1) is 18.2. The fourth-order valence-corrected chi connectivity index (χ4v) is 4.02. The SMILES string of the molecule is CCC(Cc1ccc(Cl)cc1Cl)C(CC)c1nnc(C)c2[nH]cnc12. The molecular weight excluding hydrogens is 355 g/mol. The van der Waals surface area contributed by atoms with Crippen molar-refractivity contribution in [3.05, 3.63) is 51.5 Å². The van der Waals surface area contributed by atoms with Crippen molar-refractivity contribution in [1.29, 1.82) is 0 Å². The quantitative estimate of drug-likeness (QED) is 0.597. The number of fused-ring (bicyclic) bond motifs is 1. The van der Waals surface area contributed by atoms with Crippen LogP contribution in [0.2, 0.25) is 10.0 Å². The number of hydrogen-bond donors (Lipinski definition) is 1. The number of nitrogens with one attached hydrogen (secondary N) is 1. The number of nitrogens with zero attached hydrogens (tertiary/aromatic N) is 3. The molecule has 0 spiro atoms. The van der Waals surface area contributed by atoms with Crippen LogP contribution < -0.4 is 0 Å². The summed E-state index contributed by atoms with van der Waals surface area (Å²) in [4.78, 5) is 7.68. The number of aromatic amines is 1. The Labute approximate surface area is 158 Å². The highest BCUT2D eigenvalue weighted by atomic mass is 35.5. The van der Waals surface area contributed by atoms with Crippen LogP contribution in [0.15, 0.2) is 24.5 Å². The molecule has 3 rings (SSSR count). The van der Waals surface area contributed by atoms with Gasteiger partial charge in [0, 0.05) is 16.0 Å². The normalized spacial score (nSPS) is 14.0. The molecule has 2 heterocycles. The van der Waals surface area contributed by atoms with E-state index in [1.54, 1.807) is 6.33 Å². The third kappa shape index (κ3) is 3.65. The molecule has 0 aliphatic heterocycles. The fourth-order valence-electron chi connectivity index (χ4n) is 3.53. The zero-order chi connectivity index (χ0) is 18.0. The molecule has 0 radical (unpaired) electrons. The molecule has 25 heavy (non-hydrogen) atoms. The molecule has 0 fully saturated rings. The predicted molar refractivity (Wildman–Crippen MR) is 103 cm³/mol. The Bertz CT molecular complexity index is 875. The van der Waals surface area contributed by atoms with Gasteiger partial charge in [-0.1, -0.05) is 49.5 Å². The molecule has 0 amide bonds. The van der Waals surface area contributed by atoms with Gasteiger partial charge in [-0.15, -0.1) is 0 Å². The number of H-pyrrole nitrogens is 1. The summed E-state index contributed by atoms with van der Waals surface area (Å²) in [6, 6.07) is 5.72. The summed E-state index contributed by atoms with van der Waals surface area (Å²) in [7, 11) is 0. The molecule has 4 nitrogen and oxygen atoms in total. The first-order valence-corrected chi connectivity index (χ1v) is 9.40. The van der Waals surface area contributed by atoms with E-state index in [-0.39, 0.29) is 5.92 Å². The van der Waals surface area contributed by atoms with Crippen molar-refractivity contribution < 1.29 is 0 Å². The van der Waals surface area contributed by atoms with E-state index in [1.807, 2.05) is 25.1 Å². The Morgan fingerprint density at radius 3 is 2.60 bits per heavy atom. The van der Waals surface area contributed by atoms with Crippen LogP contribution in [0.5, 0.6) is 0 Å². The highest BCUT2D eigenvalue weighted by Gasteiger charge is 2.26. The molecule has 0 aliphatic rings.